The second-order valence-electron chi connectivity index (χ2n) is 7.63. The fraction of sp³-hybridized carbons (Fsp3) is 0. The average Bonchev–Trinajstić information content (AvgIpc) is 3.24. The van der Waals surface area contributed by atoms with E-state index in [0.29, 0.717) is 5.03 Å². The molecule has 1 aliphatic rings. The first-order valence-electron chi connectivity index (χ1n) is 10.9. The van der Waals surface area contributed by atoms with E-state index in [4.69, 9.17) is 0 Å². The second-order valence-corrected chi connectivity index (χ2v) is 13.8. The van der Waals surface area contributed by atoms with Crippen LogP contribution in [0.5, 0.6) is 0 Å². The van der Waals surface area contributed by atoms with Crippen LogP contribution in [-0.2, 0) is 9.84 Å². The summed E-state index contributed by atoms with van der Waals surface area (Å²) in [6, 6.07) is 41.0. The van der Waals surface area contributed by atoms with E-state index in [2.05, 4.69) is 53.0 Å². The second kappa shape index (κ2) is 10.1. The highest BCUT2D eigenvalue weighted by Crippen LogP contribution is 2.58. The number of nitrogens with zero attached hydrogens (tertiary/aromatic N) is 1. The van der Waals surface area contributed by atoms with Crippen LogP contribution >= 0.6 is 16.1 Å². The number of benzene rings is 4. The summed E-state index contributed by atoms with van der Waals surface area (Å²) >= 11 is 0. The van der Waals surface area contributed by atoms with Gasteiger partial charge in [0, 0.05) is 26.6 Å². The summed E-state index contributed by atoms with van der Waals surface area (Å²) in [4.78, 5) is 0. The normalized spacial score (nSPS) is 14.4. The Bertz CT molecular complexity index is 1250. The van der Waals surface area contributed by atoms with Gasteiger partial charge in [-0.25, -0.2) is 8.42 Å². The van der Waals surface area contributed by atoms with Crippen molar-refractivity contribution in [3.8, 4) is 0 Å². The quantitative estimate of drug-likeness (QED) is 0.330. The smallest absolute Gasteiger partial charge is 0.215 e. The van der Waals surface area contributed by atoms with Crippen molar-refractivity contribution in [3.63, 3.8) is 0 Å². The Morgan fingerprint density at radius 1 is 0.500 bits per heavy atom. The van der Waals surface area contributed by atoms with Crippen molar-refractivity contribution in [1.82, 2.24) is 4.44 Å². The van der Waals surface area contributed by atoms with Crippen molar-refractivity contribution in [3.05, 3.63) is 144 Å². The number of sulfone groups is 1. The number of hydrogen-bond donors (Lipinski definition) is 0. The monoisotopic (exact) mass is 499 g/mol. The first kappa shape index (κ1) is 22.7. The van der Waals surface area contributed by atoms with Gasteiger partial charge in [0.25, 0.3) is 0 Å². The zero-order valence-electron chi connectivity index (χ0n) is 18.3. The zero-order chi connectivity index (χ0) is 23.4. The third-order valence-corrected chi connectivity index (χ3v) is 12.5. The minimum Gasteiger partial charge on any atom is -0.303 e. The van der Waals surface area contributed by atoms with Crippen molar-refractivity contribution in [2.45, 2.75) is 0 Å². The molecule has 0 amide bonds. The SMILES string of the molecule is O=S1(=O)C=CC=C1N(P(c1ccccc1)c1ccccc1)P(c1ccccc1)c1ccccc1. The Balaban J connectivity index is 1.81. The van der Waals surface area contributed by atoms with Crippen molar-refractivity contribution < 1.29 is 8.42 Å². The molecule has 0 spiro atoms. The number of rotatable bonds is 7. The molecule has 0 saturated heterocycles. The molecule has 4 aromatic rings. The molecule has 0 radical (unpaired) electrons. The van der Waals surface area contributed by atoms with Crippen molar-refractivity contribution in [2.75, 3.05) is 0 Å². The lowest BCUT2D eigenvalue weighted by Gasteiger charge is -2.40. The van der Waals surface area contributed by atoms with Crippen LogP contribution in [-0.4, -0.2) is 12.9 Å². The summed E-state index contributed by atoms with van der Waals surface area (Å²) in [6.45, 7) is 0. The Labute approximate surface area is 203 Å². The molecule has 0 bridgehead atoms. The molecule has 0 unspecified atom stereocenters. The van der Waals surface area contributed by atoms with Crippen molar-refractivity contribution in [1.29, 1.82) is 0 Å². The summed E-state index contributed by atoms with van der Waals surface area (Å²) in [7, 11) is -5.96. The highest BCUT2D eigenvalue weighted by molar-refractivity contribution is 7.99. The van der Waals surface area contributed by atoms with Crippen LogP contribution in [0.3, 0.4) is 0 Å². The fourth-order valence-corrected chi connectivity index (χ4v) is 11.7. The molecule has 0 aromatic heterocycles. The molecule has 0 atom stereocenters. The van der Waals surface area contributed by atoms with Crippen molar-refractivity contribution >= 4 is 47.2 Å². The van der Waals surface area contributed by atoms with Crippen LogP contribution in [0.2, 0.25) is 0 Å². The maximum Gasteiger partial charge on any atom is 0.215 e. The topological polar surface area (TPSA) is 37.4 Å². The van der Waals surface area contributed by atoms with E-state index in [1.165, 1.54) is 5.41 Å². The molecule has 5 rings (SSSR count). The van der Waals surface area contributed by atoms with E-state index < -0.39 is 26.0 Å². The highest BCUT2D eigenvalue weighted by Gasteiger charge is 2.38. The van der Waals surface area contributed by atoms with E-state index >= 15 is 0 Å². The predicted octanol–water partition coefficient (Wildman–Crippen LogP) is 5.17. The number of allylic oxidation sites excluding steroid dienone is 2. The van der Waals surface area contributed by atoms with Gasteiger partial charge < -0.3 is 4.44 Å². The summed E-state index contributed by atoms with van der Waals surface area (Å²) in [5, 5.41) is 6.07. The Hall–Kier alpha value is -3.03. The Kier molecular flexibility index (Phi) is 6.74. The standard InChI is InChI=1S/C28H23NO2P2S/c30-34(31)23-13-22-28(34)29(32(24-14-5-1-6-15-24)25-16-7-2-8-17-25)33(26-18-9-3-10-19-26)27-20-11-4-12-21-27/h1-23H. The molecule has 0 aliphatic carbocycles. The Morgan fingerprint density at radius 3 is 1.09 bits per heavy atom. The van der Waals surface area contributed by atoms with Crippen LogP contribution in [0.4, 0.5) is 0 Å². The maximum atomic E-state index is 13.4. The lowest BCUT2D eigenvalue weighted by atomic mass is 10.4. The van der Waals surface area contributed by atoms with Gasteiger partial charge in [0.05, 0.1) is 16.1 Å². The highest BCUT2D eigenvalue weighted by atomic mass is 32.2. The third kappa shape index (κ3) is 4.63. The molecule has 0 saturated carbocycles. The maximum absolute atomic E-state index is 13.4. The first-order valence-corrected chi connectivity index (χ1v) is 15.0. The largest absolute Gasteiger partial charge is 0.303 e. The van der Waals surface area contributed by atoms with Gasteiger partial charge in [-0.2, -0.15) is 0 Å². The summed E-state index contributed by atoms with van der Waals surface area (Å²) in [5.41, 5.74) is 0. The fourth-order valence-electron chi connectivity index (χ4n) is 3.87. The van der Waals surface area contributed by atoms with Gasteiger partial charge in [-0.15, -0.1) is 0 Å². The van der Waals surface area contributed by atoms with Gasteiger partial charge >= 0.3 is 0 Å². The van der Waals surface area contributed by atoms with Gasteiger partial charge in [-0.1, -0.05) is 121 Å². The molecule has 1 aliphatic heterocycles. The van der Waals surface area contributed by atoms with Gasteiger partial charge in [0.1, 0.15) is 5.03 Å². The van der Waals surface area contributed by atoms with E-state index in [0.717, 1.165) is 21.2 Å². The van der Waals surface area contributed by atoms with Crippen LogP contribution in [0.25, 0.3) is 0 Å². The molecule has 168 valence electrons. The molecule has 0 N–H and O–H groups in total. The first-order chi connectivity index (χ1) is 16.6. The average molecular weight is 500 g/mol. The van der Waals surface area contributed by atoms with Gasteiger partial charge in [-0.05, 0) is 12.2 Å². The summed E-state index contributed by atoms with van der Waals surface area (Å²) in [5.74, 6) is 0. The van der Waals surface area contributed by atoms with Crippen LogP contribution in [0.1, 0.15) is 0 Å². The number of hydrogen-bond acceptors (Lipinski definition) is 3. The van der Waals surface area contributed by atoms with Gasteiger partial charge in [0.15, 0.2) is 0 Å². The van der Waals surface area contributed by atoms with Crippen LogP contribution in [0.15, 0.2) is 144 Å². The minimum absolute atomic E-state index is 0.352. The molecule has 34 heavy (non-hydrogen) atoms. The van der Waals surface area contributed by atoms with E-state index in [1.54, 1.807) is 12.2 Å². The summed E-state index contributed by atoms with van der Waals surface area (Å²) < 4.78 is 28.9. The van der Waals surface area contributed by atoms with Crippen LogP contribution < -0.4 is 21.2 Å². The minimum atomic E-state index is -3.57. The summed E-state index contributed by atoms with van der Waals surface area (Å²) in [6.07, 6.45) is 3.39. The van der Waals surface area contributed by atoms with Gasteiger partial charge in [0.2, 0.25) is 9.84 Å². The van der Waals surface area contributed by atoms with E-state index in [-0.39, 0.29) is 0 Å². The molecule has 6 heteroatoms. The molecule has 3 nitrogen and oxygen atoms in total. The zero-order valence-corrected chi connectivity index (χ0v) is 21.0. The van der Waals surface area contributed by atoms with Crippen molar-refractivity contribution in [2.24, 2.45) is 0 Å². The molecular formula is C28H23NO2P2S. The molecule has 0 fully saturated rings. The Morgan fingerprint density at radius 2 is 0.824 bits per heavy atom. The predicted molar refractivity (Wildman–Crippen MR) is 146 cm³/mol. The lowest BCUT2D eigenvalue weighted by Crippen LogP contribution is -2.32. The molecular weight excluding hydrogens is 476 g/mol. The van der Waals surface area contributed by atoms with Gasteiger partial charge in [-0.3, -0.25) is 0 Å². The molecule has 4 aromatic carbocycles. The van der Waals surface area contributed by atoms with E-state index in [9.17, 15) is 8.42 Å². The van der Waals surface area contributed by atoms with Crippen LogP contribution in [0, 0.1) is 0 Å². The molecule has 1 heterocycles. The lowest BCUT2D eigenvalue weighted by molar-refractivity contribution is 0.606. The third-order valence-electron chi connectivity index (χ3n) is 5.37. The van der Waals surface area contributed by atoms with E-state index in [1.807, 2.05) is 72.8 Å².